The lowest BCUT2D eigenvalue weighted by Crippen LogP contribution is -1.88. The monoisotopic (exact) mass is 558 g/mol. The summed E-state index contributed by atoms with van der Waals surface area (Å²) in [6.45, 7) is 0. The summed E-state index contributed by atoms with van der Waals surface area (Å²) in [5.74, 6) is 14.1. The summed E-state index contributed by atoms with van der Waals surface area (Å²) in [6.07, 6.45) is 1.64. The normalized spacial score (nSPS) is 10.0. The molecule has 150 valence electrons. The summed E-state index contributed by atoms with van der Waals surface area (Å²) in [6, 6.07) is 20.3. The highest BCUT2D eigenvalue weighted by atomic mass is 79.9. The van der Waals surface area contributed by atoms with Gasteiger partial charge in [-0.25, -0.2) is 0 Å². The van der Waals surface area contributed by atoms with Gasteiger partial charge in [-0.1, -0.05) is 61.6 Å². The third kappa shape index (κ3) is 7.23. The minimum atomic E-state index is 0.593. The molecule has 0 bridgehead atoms. The number of hydrogen-bond acceptors (Lipinski definition) is 0. The lowest BCUT2D eigenvalue weighted by Gasteiger charge is -2.01. The van der Waals surface area contributed by atoms with Crippen LogP contribution in [0.2, 0.25) is 0 Å². The van der Waals surface area contributed by atoms with Crippen LogP contribution < -0.4 is 0 Å². The van der Waals surface area contributed by atoms with Gasteiger partial charge >= 0.3 is 0 Å². The van der Waals surface area contributed by atoms with Crippen molar-refractivity contribution in [3.63, 3.8) is 0 Å². The molecule has 0 amide bonds. The van der Waals surface area contributed by atoms with Gasteiger partial charge in [0.2, 0.25) is 0 Å². The first kappa shape index (κ1) is 23.0. The van der Waals surface area contributed by atoms with Crippen LogP contribution in [0.4, 0.5) is 0 Å². The molecule has 0 aromatic heterocycles. The molecule has 0 fully saturated rings. The molecule has 0 radical (unpaired) electrons. The first-order valence-electron chi connectivity index (χ1n) is 9.41. The molecule has 3 aromatic rings. The maximum atomic E-state index is 5.87. The minimum Gasteiger partial charge on any atom is -0.126 e. The lowest BCUT2D eigenvalue weighted by molar-refractivity contribution is 1.14. The zero-order valence-corrected chi connectivity index (χ0v) is 20.8. The molecule has 0 aliphatic rings. The van der Waals surface area contributed by atoms with Gasteiger partial charge in [0.15, 0.2) is 0 Å². The SMILES string of the molecule is ClCCc1cc(Br)cc(C#Cc2cccc(C#Cc3cc(Br)cc(CCCl)c3)c2)c1. The largest absolute Gasteiger partial charge is 0.126 e. The van der Waals surface area contributed by atoms with Gasteiger partial charge in [-0.3, -0.25) is 0 Å². The van der Waals surface area contributed by atoms with Crippen LogP contribution in [0.25, 0.3) is 0 Å². The molecule has 0 aliphatic heterocycles. The van der Waals surface area contributed by atoms with Crippen molar-refractivity contribution >= 4 is 55.1 Å². The Morgan fingerprint density at radius 3 is 1.43 bits per heavy atom. The van der Waals surface area contributed by atoms with Crippen molar-refractivity contribution < 1.29 is 0 Å². The Kier molecular flexibility index (Phi) is 8.92. The van der Waals surface area contributed by atoms with Crippen molar-refractivity contribution in [1.29, 1.82) is 0 Å². The van der Waals surface area contributed by atoms with Crippen LogP contribution in [0, 0.1) is 23.7 Å². The second kappa shape index (κ2) is 11.6. The summed E-state index contributed by atoms with van der Waals surface area (Å²) in [5, 5.41) is 0. The highest BCUT2D eigenvalue weighted by molar-refractivity contribution is 9.10. The highest BCUT2D eigenvalue weighted by Crippen LogP contribution is 2.17. The quantitative estimate of drug-likeness (QED) is 0.228. The van der Waals surface area contributed by atoms with Crippen molar-refractivity contribution in [3.05, 3.63) is 103 Å². The van der Waals surface area contributed by atoms with Crippen molar-refractivity contribution in [2.45, 2.75) is 12.8 Å². The molecule has 0 atom stereocenters. The number of aryl methyl sites for hydroxylation is 2. The van der Waals surface area contributed by atoms with E-state index in [0.717, 1.165) is 44.0 Å². The molecule has 0 saturated carbocycles. The zero-order valence-electron chi connectivity index (χ0n) is 16.1. The number of benzene rings is 3. The second-order valence-electron chi connectivity index (χ2n) is 6.66. The average Bonchev–Trinajstić information content (AvgIpc) is 2.71. The Bertz CT molecular complexity index is 1070. The fourth-order valence-corrected chi connectivity index (χ4v) is 4.43. The molecule has 0 aliphatic carbocycles. The summed E-state index contributed by atoms with van der Waals surface area (Å²) < 4.78 is 2.02. The van der Waals surface area contributed by atoms with E-state index < -0.39 is 0 Å². The molecule has 4 heteroatoms. The van der Waals surface area contributed by atoms with Crippen molar-refractivity contribution in [3.8, 4) is 23.7 Å². The van der Waals surface area contributed by atoms with Gasteiger partial charge < -0.3 is 0 Å². The van der Waals surface area contributed by atoms with Crippen LogP contribution in [-0.4, -0.2) is 11.8 Å². The smallest absolute Gasteiger partial charge is 0.0263 e. The Hall–Kier alpha value is -1.68. The molecule has 0 unspecified atom stereocenters. The lowest BCUT2D eigenvalue weighted by atomic mass is 10.1. The summed E-state index contributed by atoms with van der Waals surface area (Å²) in [4.78, 5) is 0. The Morgan fingerprint density at radius 2 is 1.00 bits per heavy atom. The molecular formula is C26H18Br2Cl2. The molecular weight excluding hydrogens is 543 g/mol. The predicted octanol–water partition coefficient (Wildman–Crippen LogP) is 7.57. The first-order valence-corrected chi connectivity index (χ1v) is 12.1. The fraction of sp³-hybridized carbons (Fsp3) is 0.154. The van der Waals surface area contributed by atoms with Crippen LogP contribution >= 0.6 is 55.1 Å². The van der Waals surface area contributed by atoms with Crippen LogP contribution in [0.5, 0.6) is 0 Å². The van der Waals surface area contributed by atoms with Crippen LogP contribution in [0.1, 0.15) is 33.4 Å². The number of alkyl halides is 2. The minimum absolute atomic E-state index is 0.593. The van der Waals surface area contributed by atoms with E-state index in [0.29, 0.717) is 11.8 Å². The third-order valence-corrected chi connectivity index (χ3v) is 5.54. The van der Waals surface area contributed by atoms with E-state index in [2.05, 4.69) is 79.8 Å². The summed E-state index contributed by atoms with van der Waals surface area (Å²) in [5.41, 5.74) is 6.12. The average molecular weight is 561 g/mol. The van der Waals surface area contributed by atoms with Gasteiger partial charge in [-0.05, 0) is 78.6 Å². The van der Waals surface area contributed by atoms with E-state index in [1.165, 1.54) is 11.1 Å². The van der Waals surface area contributed by atoms with E-state index in [9.17, 15) is 0 Å². The number of hydrogen-bond donors (Lipinski definition) is 0. The molecule has 0 N–H and O–H groups in total. The predicted molar refractivity (Wildman–Crippen MR) is 136 cm³/mol. The maximum absolute atomic E-state index is 5.87. The van der Waals surface area contributed by atoms with E-state index in [1.807, 2.05) is 36.4 Å². The van der Waals surface area contributed by atoms with Crippen molar-refractivity contribution in [2.75, 3.05) is 11.8 Å². The molecule has 0 heterocycles. The molecule has 0 nitrogen and oxygen atoms in total. The molecule has 30 heavy (non-hydrogen) atoms. The van der Waals surface area contributed by atoms with Gasteiger partial charge in [0.05, 0.1) is 0 Å². The van der Waals surface area contributed by atoms with Gasteiger partial charge in [0.1, 0.15) is 0 Å². The molecule has 3 aromatic carbocycles. The van der Waals surface area contributed by atoms with Gasteiger partial charge in [0.25, 0.3) is 0 Å². The molecule has 0 spiro atoms. The number of rotatable bonds is 4. The highest BCUT2D eigenvalue weighted by Gasteiger charge is 1.99. The first-order chi connectivity index (χ1) is 14.6. The molecule has 0 saturated heterocycles. The van der Waals surface area contributed by atoms with Crippen LogP contribution in [-0.2, 0) is 12.8 Å². The van der Waals surface area contributed by atoms with E-state index in [4.69, 9.17) is 23.2 Å². The Morgan fingerprint density at radius 1 is 0.567 bits per heavy atom. The van der Waals surface area contributed by atoms with E-state index >= 15 is 0 Å². The second-order valence-corrected chi connectivity index (χ2v) is 9.24. The number of halogens is 4. The summed E-state index contributed by atoms with van der Waals surface area (Å²) >= 11 is 18.8. The van der Waals surface area contributed by atoms with Gasteiger partial charge in [-0.2, -0.15) is 0 Å². The third-order valence-electron chi connectivity index (χ3n) is 4.25. The Labute approximate surface area is 205 Å². The van der Waals surface area contributed by atoms with Crippen molar-refractivity contribution in [1.82, 2.24) is 0 Å². The Balaban J connectivity index is 1.82. The topological polar surface area (TPSA) is 0 Å². The van der Waals surface area contributed by atoms with E-state index in [1.54, 1.807) is 0 Å². The fourth-order valence-electron chi connectivity index (χ4n) is 2.92. The molecule has 3 rings (SSSR count). The zero-order chi connectivity index (χ0) is 21.3. The van der Waals surface area contributed by atoms with Gasteiger partial charge in [0, 0.05) is 43.0 Å². The summed E-state index contributed by atoms with van der Waals surface area (Å²) in [7, 11) is 0. The van der Waals surface area contributed by atoms with Crippen molar-refractivity contribution in [2.24, 2.45) is 0 Å². The van der Waals surface area contributed by atoms with Crippen LogP contribution in [0.3, 0.4) is 0 Å². The van der Waals surface area contributed by atoms with Crippen LogP contribution in [0.15, 0.2) is 69.6 Å². The van der Waals surface area contributed by atoms with E-state index in [-0.39, 0.29) is 0 Å². The standard InChI is InChI=1S/C26H18Br2Cl2/c27-25-15-21(13-23(17-25)8-10-29)6-4-19-2-1-3-20(12-19)5-7-22-14-24(9-11-30)18-26(28)16-22/h1-3,12-18H,8-11H2. The van der Waals surface area contributed by atoms with Gasteiger partial charge in [-0.15, -0.1) is 23.2 Å². The maximum Gasteiger partial charge on any atom is 0.0263 e.